The molecular weight excluding hydrogens is 392 g/mol. The number of rotatable bonds is 10. The summed E-state index contributed by atoms with van der Waals surface area (Å²) in [5.41, 5.74) is 1.01. The molecule has 0 spiro atoms. The van der Waals surface area contributed by atoms with E-state index in [1.165, 1.54) is 0 Å². The van der Waals surface area contributed by atoms with Crippen molar-refractivity contribution in [2.24, 2.45) is 0 Å². The lowest BCUT2D eigenvalue weighted by Gasteiger charge is -2.09. The average Bonchev–Trinajstić information content (AvgIpc) is 3.17. The van der Waals surface area contributed by atoms with Crippen molar-refractivity contribution in [1.82, 2.24) is 0 Å². The summed E-state index contributed by atoms with van der Waals surface area (Å²) in [4.78, 5) is 23.6. The Morgan fingerprint density at radius 1 is 0.967 bits per heavy atom. The summed E-state index contributed by atoms with van der Waals surface area (Å²) in [6.07, 6.45) is -1.23. The number of nitrogens with one attached hydrogen (secondary N) is 2. The second kappa shape index (κ2) is 10.3. The van der Waals surface area contributed by atoms with Crippen LogP contribution < -0.4 is 15.4 Å². The normalized spacial score (nSPS) is 10.7. The van der Waals surface area contributed by atoms with E-state index in [0.29, 0.717) is 48.8 Å². The third kappa shape index (κ3) is 5.49. The highest BCUT2D eigenvalue weighted by Gasteiger charge is 2.17. The lowest BCUT2D eigenvalue weighted by molar-refractivity contribution is 0.0545. The molecule has 1 heterocycles. The number of furan rings is 1. The Hall–Kier alpha value is -3.56. The van der Waals surface area contributed by atoms with E-state index in [9.17, 15) is 9.59 Å². The van der Waals surface area contributed by atoms with Crippen molar-refractivity contribution >= 4 is 34.3 Å². The van der Waals surface area contributed by atoms with Crippen molar-refractivity contribution in [3.63, 3.8) is 0 Å². The van der Waals surface area contributed by atoms with Gasteiger partial charge in [0.25, 0.3) is 5.91 Å². The smallest absolute Gasteiger partial charge is 0.409 e. The molecule has 9 nitrogen and oxygen atoms in total. The van der Waals surface area contributed by atoms with E-state index in [4.69, 9.17) is 23.7 Å². The Balaban J connectivity index is 1.70. The first kappa shape index (κ1) is 21.2. The van der Waals surface area contributed by atoms with Gasteiger partial charge in [-0.05, 0) is 24.3 Å². The van der Waals surface area contributed by atoms with Crippen molar-refractivity contribution in [3.8, 4) is 5.75 Å². The third-order valence-corrected chi connectivity index (χ3v) is 4.07. The van der Waals surface area contributed by atoms with Crippen LogP contribution in [0.4, 0.5) is 16.2 Å². The van der Waals surface area contributed by atoms with Crippen LogP contribution in [0.5, 0.6) is 5.75 Å². The third-order valence-electron chi connectivity index (χ3n) is 4.07. The molecule has 0 fully saturated rings. The second-order valence-electron chi connectivity index (χ2n) is 6.17. The van der Waals surface area contributed by atoms with Crippen LogP contribution in [0.2, 0.25) is 0 Å². The van der Waals surface area contributed by atoms with E-state index in [2.05, 4.69) is 10.6 Å². The number of para-hydroxylation sites is 3. The maximum Gasteiger partial charge on any atom is 0.409 e. The molecule has 0 unspecified atom stereocenters. The standard InChI is InChI=1S/C21H22N2O7/c1-27-9-10-28-11-12-29-17-8-4-5-14-13-18(30-19(14)17)20(24)22-15-6-2-3-7-16(15)23-21(25)26/h2-8,13,23H,9-12H2,1H3,(H,22,24)(H,25,26). The number of anilines is 2. The van der Waals surface area contributed by atoms with E-state index in [-0.39, 0.29) is 11.4 Å². The molecule has 3 aromatic rings. The van der Waals surface area contributed by atoms with Gasteiger partial charge in [-0.15, -0.1) is 0 Å². The second-order valence-corrected chi connectivity index (χ2v) is 6.17. The van der Waals surface area contributed by atoms with Crippen molar-refractivity contribution in [2.75, 3.05) is 44.2 Å². The Labute approximate surface area is 172 Å². The number of fused-ring (bicyclic) bond motifs is 1. The summed E-state index contributed by atoms with van der Waals surface area (Å²) >= 11 is 0. The van der Waals surface area contributed by atoms with Gasteiger partial charge in [-0.1, -0.05) is 24.3 Å². The number of ether oxygens (including phenoxy) is 3. The number of amides is 2. The minimum absolute atomic E-state index is 0.0718. The number of hydrogen-bond acceptors (Lipinski definition) is 6. The zero-order chi connectivity index (χ0) is 21.3. The monoisotopic (exact) mass is 414 g/mol. The number of benzene rings is 2. The zero-order valence-corrected chi connectivity index (χ0v) is 16.3. The van der Waals surface area contributed by atoms with Crippen LogP contribution in [0, 0.1) is 0 Å². The number of carbonyl (C=O) groups is 2. The lowest BCUT2D eigenvalue weighted by atomic mass is 10.2. The van der Waals surface area contributed by atoms with Gasteiger partial charge < -0.3 is 29.1 Å². The van der Waals surface area contributed by atoms with Crippen LogP contribution in [0.25, 0.3) is 11.0 Å². The van der Waals surface area contributed by atoms with E-state index in [1.54, 1.807) is 55.6 Å². The van der Waals surface area contributed by atoms with Crippen LogP contribution in [-0.2, 0) is 9.47 Å². The molecule has 2 amide bonds. The predicted molar refractivity (Wildman–Crippen MR) is 110 cm³/mol. The molecule has 3 N–H and O–H groups in total. The Kier molecular flexibility index (Phi) is 7.25. The van der Waals surface area contributed by atoms with Crippen LogP contribution in [0.1, 0.15) is 10.6 Å². The van der Waals surface area contributed by atoms with Gasteiger partial charge in [0.1, 0.15) is 6.61 Å². The SMILES string of the molecule is COCCOCCOc1cccc2cc(C(=O)Nc3ccccc3NC(=O)O)oc12. The molecular formula is C21H22N2O7. The van der Waals surface area contributed by atoms with Crippen LogP contribution in [0.15, 0.2) is 52.9 Å². The molecule has 158 valence electrons. The zero-order valence-electron chi connectivity index (χ0n) is 16.3. The summed E-state index contributed by atoms with van der Waals surface area (Å²) in [5.74, 6) is 0.0528. The number of hydrogen-bond donors (Lipinski definition) is 3. The first-order valence-electron chi connectivity index (χ1n) is 9.21. The molecule has 0 bridgehead atoms. The van der Waals surface area contributed by atoms with Crippen LogP contribution in [-0.4, -0.2) is 50.6 Å². The van der Waals surface area contributed by atoms with Gasteiger partial charge in [0.15, 0.2) is 17.1 Å². The molecule has 0 aliphatic heterocycles. The van der Waals surface area contributed by atoms with Crippen molar-refractivity contribution in [3.05, 3.63) is 54.3 Å². The van der Waals surface area contributed by atoms with Crippen LogP contribution in [0.3, 0.4) is 0 Å². The van der Waals surface area contributed by atoms with Gasteiger partial charge in [-0.25, -0.2) is 4.79 Å². The average molecular weight is 414 g/mol. The molecule has 2 aromatic carbocycles. The molecule has 0 atom stereocenters. The minimum Gasteiger partial charge on any atom is -0.487 e. The summed E-state index contributed by atoms with van der Waals surface area (Å²) in [5, 5.41) is 14.5. The molecule has 0 saturated carbocycles. The molecule has 0 radical (unpaired) electrons. The minimum atomic E-state index is -1.23. The van der Waals surface area contributed by atoms with Gasteiger partial charge >= 0.3 is 6.09 Å². The van der Waals surface area contributed by atoms with Gasteiger partial charge in [0, 0.05) is 12.5 Å². The molecule has 9 heteroatoms. The summed E-state index contributed by atoms with van der Waals surface area (Å²) < 4.78 is 21.7. The summed E-state index contributed by atoms with van der Waals surface area (Å²) in [7, 11) is 1.60. The molecule has 30 heavy (non-hydrogen) atoms. The fourth-order valence-corrected chi connectivity index (χ4v) is 2.72. The van der Waals surface area contributed by atoms with Crippen molar-refractivity contribution in [1.29, 1.82) is 0 Å². The van der Waals surface area contributed by atoms with Gasteiger partial charge in [-0.2, -0.15) is 0 Å². The Bertz CT molecular complexity index is 1020. The van der Waals surface area contributed by atoms with Crippen molar-refractivity contribution in [2.45, 2.75) is 0 Å². The summed E-state index contributed by atoms with van der Waals surface area (Å²) in [6, 6.07) is 13.4. The van der Waals surface area contributed by atoms with Crippen LogP contribution >= 0.6 is 0 Å². The molecule has 0 aliphatic carbocycles. The Morgan fingerprint density at radius 3 is 2.43 bits per heavy atom. The molecule has 0 aliphatic rings. The van der Waals surface area contributed by atoms with Crippen molar-refractivity contribution < 1.29 is 33.3 Å². The highest BCUT2D eigenvalue weighted by atomic mass is 16.5. The molecule has 3 rings (SSSR count). The van der Waals surface area contributed by atoms with E-state index >= 15 is 0 Å². The van der Waals surface area contributed by atoms with Gasteiger partial charge in [-0.3, -0.25) is 10.1 Å². The number of carbonyl (C=O) groups excluding carboxylic acids is 1. The van der Waals surface area contributed by atoms with Gasteiger partial charge in [0.05, 0.1) is 31.2 Å². The first-order chi connectivity index (χ1) is 14.6. The van der Waals surface area contributed by atoms with E-state index < -0.39 is 12.0 Å². The molecule has 0 saturated heterocycles. The predicted octanol–water partition coefficient (Wildman–Crippen LogP) is 3.82. The highest BCUT2D eigenvalue weighted by Crippen LogP contribution is 2.30. The Morgan fingerprint density at radius 2 is 1.70 bits per heavy atom. The highest BCUT2D eigenvalue weighted by molar-refractivity contribution is 6.07. The fraction of sp³-hybridized carbons (Fsp3) is 0.238. The lowest BCUT2D eigenvalue weighted by Crippen LogP contribution is -2.14. The summed E-state index contributed by atoms with van der Waals surface area (Å²) in [6.45, 7) is 1.70. The quantitative estimate of drug-likeness (QED) is 0.432. The van der Waals surface area contributed by atoms with Gasteiger partial charge in [0.2, 0.25) is 0 Å². The van der Waals surface area contributed by atoms with E-state index in [1.807, 2.05) is 0 Å². The maximum absolute atomic E-state index is 12.6. The fourth-order valence-electron chi connectivity index (χ4n) is 2.72. The number of methoxy groups -OCH3 is 1. The maximum atomic E-state index is 12.6. The largest absolute Gasteiger partial charge is 0.487 e. The van der Waals surface area contributed by atoms with E-state index in [0.717, 1.165) is 0 Å². The molecule has 1 aromatic heterocycles. The number of carboxylic acid groups (broad SMARTS) is 1. The first-order valence-corrected chi connectivity index (χ1v) is 9.21. The topological polar surface area (TPSA) is 119 Å².